The molecule has 15 heavy (non-hydrogen) atoms. The second-order valence-electron chi connectivity index (χ2n) is 6.24. The van der Waals surface area contributed by atoms with Gasteiger partial charge in [-0.25, -0.2) is 0 Å². The first kappa shape index (κ1) is 14.4. The van der Waals surface area contributed by atoms with Gasteiger partial charge in [0, 0.05) is 6.54 Å². The van der Waals surface area contributed by atoms with E-state index in [9.17, 15) is 4.79 Å². The molecule has 0 aliphatic heterocycles. The molecule has 0 aromatic rings. The highest BCUT2D eigenvalue weighted by Crippen LogP contribution is 2.21. The van der Waals surface area contributed by atoms with Crippen LogP contribution in [-0.4, -0.2) is 36.1 Å². The molecule has 0 unspecified atom stereocenters. The maximum absolute atomic E-state index is 10.9. The molecule has 0 aromatic heterocycles. The van der Waals surface area contributed by atoms with Crippen LogP contribution in [0, 0.1) is 10.8 Å². The molecule has 0 saturated heterocycles. The summed E-state index contributed by atoms with van der Waals surface area (Å²) in [5.41, 5.74) is -0.353. The summed E-state index contributed by atoms with van der Waals surface area (Å²) in [5, 5.41) is 8.97. The highest BCUT2D eigenvalue weighted by molar-refractivity contribution is 5.73. The Balaban J connectivity index is 4.01. The number of hydrogen-bond acceptors (Lipinski definition) is 2. The number of hydrogen-bond donors (Lipinski definition) is 1. The molecule has 0 aromatic carbocycles. The van der Waals surface area contributed by atoms with Gasteiger partial charge in [0.25, 0.3) is 0 Å². The predicted molar refractivity (Wildman–Crippen MR) is 63.0 cm³/mol. The molecule has 90 valence electrons. The fourth-order valence-corrected chi connectivity index (χ4v) is 1.47. The van der Waals surface area contributed by atoms with Crippen molar-refractivity contribution in [1.82, 2.24) is 4.90 Å². The van der Waals surface area contributed by atoms with Crippen molar-refractivity contribution in [2.75, 3.05) is 20.1 Å². The summed E-state index contributed by atoms with van der Waals surface area (Å²) in [5.74, 6) is -0.716. The number of nitrogens with zero attached hydrogens (tertiary/aromatic N) is 1. The van der Waals surface area contributed by atoms with Crippen molar-refractivity contribution >= 4 is 5.97 Å². The third kappa shape index (κ3) is 6.50. The molecule has 0 bridgehead atoms. The second-order valence-corrected chi connectivity index (χ2v) is 6.24. The van der Waals surface area contributed by atoms with Crippen LogP contribution in [0.2, 0.25) is 0 Å². The minimum Gasteiger partial charge on any atom is -0.481 e. The van der Waals surface area contributed by atoms with Crippen molar-refractivity contribution < 1.29 is 9.90 Å². The molecule has 0 heterocycles. The van der Waals surface area contributed by atoms with E-state index in [0.717, 1.165) is 13.1 Å². The molecule has 0 amide bonds. The molecule has 3 nitrogen and oxygen atoms in total. The smallest absolute Gasteiger partial charge is 0.309 e. The number of rotatable bonds is 5. The molecule has 0 rings (SSSR count). The second kappa shape index (κ2) is 4.97. The van der Waals surface area contributed by atoms with Gasteiger partial charge in [0.2, 0.25) is 0 Å². The van der Waals surface area contributed by atoms with Gasteiger partial charge in [-0.1, -0.05) is 20.8 Å². The zero-order valence-corrected chi connectivity index (χ0v) is 10.9. The summed E-state index contributed by atoms with van der Waals surface area (Å²) < 4.78 is 0. The highest BCUT2D eigenvalue weighted by atomic mass is 16.4. The predicted octanol–water partition coefficient (Wildman–Crippen LogP) is 2.47. The van der Waals surface area contributed by atoms with Crippen LogP contribution in [0.4, 0.5) is 0 Å². The molecule has 0 radical (unpaired) electrons. The van der Waals surface area contributed by atoms with E-state index in [0.29, 0.717) is 6.42 Å². The van der Waals surface area contributed by atoms with Gasteiger partial charge in [0.15, 0.2) is 0 Å². The Labute approximate surface area is 93.5 Å². The van der Waals surface area contributed by atoms with Crippen LogP contribution in [0.5, 0.6) is 0 Å². The Hall–Kier alpha value is -0.570. The largest absolute Gasteiger partial charge is 0.481 e. The Morgan fingerprint density at radius 1 is 1.20 bits per heavy atom. The van der Waals surface area contributed by atoms with Crippen molar-refractivity contribution in [2.45, 2.75) is 41.0 Å². The summed E-state index contributed by atoms with van der Waals surface area (Å²) in [4.78, 5) is 13.1. The van der Waals surface area contributed by atoms with E-state index in [-0.39, 0.29) is 5.41 Å². The van der Waals surface area contributed by atoms with Crippen LogP contribution >= 0.6 is 0 Å². The van der Waals surface area contributed by atoms with Crippen molar-refractivity contribution in [1.29, 1.82) is 0 Å². The van der Waals surface area contributed by atoms with Crippen molar-refractivity contribution in [3.05, 3.63) is 0 Å². The van der Waals surface area contributed by atoms with Gasteiger partial charge in [-0.05, 0) is 39.3 Å². The third-order valence-electron chi connectivity index (χ3n) is 2.44. The number of carboxylic acids is 1. The molecular formula is C12H25NO2. The van der Waals surface area contributed by atoms with E-state index in [4.69, 9.17) is 5.11 Å². The maximum atomic E-state index is 10.9. The molecule has 0 saturated carbocycles. The van der Waals surface area contributed by atoms with E-state index < -0.39 is 11.4 Å². The fraction of sp³-hybridized carbons (Fsp3) is 0.917. The topological polar surface area (TPSA) is 40.5 Å². The molecular weight excluding hydrogens is 190 g/mol. The van der Waals surface area contributed by atoms with Crippen LogP contribution in [0.15, 0.2) is 0 Å². The number of carbonyl (C=O) groups is 1. The van der Waals surface area contributed by atoms with Crippen LogP contribution < -0.4 is 0 Å². The standard InChI is InChI=1S/C12H25NO2/c1-11(2,3)9-13(6)8-7-12(4,5)10(14)15/h7-9H2,1-6H3,(H,14,15). The Morgan fingerprint density at radius 2 is 1.67 bits per heavy atom. The lowest BCUT2D eigenvalue weighted by Crippen LogP contribution is -2.34. The number of carboxylic acid groups (broad SMARTS) is 1. The molecule has 0 fully saturated rings. The summed E-state index contributed by atoms with van der Waals surface area (Å²) >= 11 is 0. The van der Waals surface area contributed by atoms with Crippen LogP contribution in [0.3, 0.4) is 0 Å². The normalized spacial score (nSPS) is 13.3. The Kier molecular flexibility index (Phi) is 4.78. The molecule has 0 atom stereocenters. The van der Waals surface area contributed by atoms with Gasteiger partial charge in [0.1, 0.15) is 0 Å². The van der Waals surface area contributed by atoms with Gasteiger partial charge in [-0.15, -0.1) is 0 Å². The van der Waals surface area contributed by atoms with Gasteiger partial charge in [-0.3, -0.25) is 4.79 Å². The SMILES string of the molecule is CN(CCC(C)(C)C(=O)O)CC(C)(C)C. The van der Waals surface area contributed by atoms with Crippen molar-refractivity contribution in [2.24, 2.45) is 10.8 Å². The Morgan fingerprint density at radius 3 is 2.00 bits per heavy atom. The zero-order chi connectivity index (χ0) is 12.3. The van der Waals surface area contributed by atoms with E-state index in [1.54, 1.807) is 13.8 Å². The fourth-order valence-electron chi connectivity index (χ4n) is 1.47. The van der Waals surface area contributed by atoms with Crippen LogP contribution in [0.25, 0.3) is 0 Å². The highest BCUT2D eigenvalue weighted by Gasteiger charge is 2.27. The first-order chi connectivity index (χ1) is 6.54. The van der Waals surface area contributed by atoms with Crippen LogP contribution in [0.1, 0.15) is 41.0 Å². The van der Waals surface area contributed by atoms with Crippen molar-refractivity contribution in [3.8, 4) is 0 Å². The first-order valence-electron chi connectivity index (χ1n) is 5.46. The van der Waals surface area contributed by atoms with E-state index in [1.807, 2.05) is 7.05 Å². The molecule has 3 heteroatoms. The lowest BCUT2D eigenvalue weighted by Gasteiger charge is -2.29. The van der Waals surface area contributed by atoms with Crippen LogP contribution in [-0.2, 0) is 4.79 Å². The Bertz CT molecular complexity index is 216. The van der Waals surface area contributed by atoms with Crippen molar-refractivity contribution in [3.63, 3.8) is 0 Å². The van der Waals surface area contributed by atoms with Gasteiger partial charge in [0.05, 0.1) is 5.41 Å². The summed E-state index contributed by atoms with van der Waals surface area (Å²) in [6, 6.07) is 0. The van der Waals surface area contributed by atoms with Gasteiger partial charge in [-0.2, -0.15) is 0 Å². The third-order valence-corrected chi connectivity index (χ3v) is 2.44. The molecule has 0 aliphatic carbocycles. The molecule has 0 aliphatic rings. The van der Waals surface area contributed by atoms with E-state index >= 15 is 0 Å². The molecule has 1 N–H and O–H groups in total. The summed E-state index contributed by atoms with van der Waals surface area (Å²) in [6.07, 6.45) is 0.689. The molecule has 0 spiro atoms. The average Bonchev–Trinajstić information content (AvgIpc) is 1.97. The summed E-state index contributed by atoms with van der Waals surface area (Å²) in [7, 11) is 2.04. The minimum absolute atomic E-state index is 0.266. The first-order valence-corrected chi connectivity index (χ1v) is 5.46. The zero-order valence-electron chi connectivity index (χ0n) is 10.9. The monoisotopic (exact) mass is 215 g/mol. The lowest BCUT2D eigenvalue weighted by molar-refractivity contribution is -0.147. The average molecular weight is 215 g/mol. The lowest BCUT2D eigenvalue weighted by atomic mass is 9.89. The summed E-state index contributed by atoms with van der Waals surface area (Å²) in [6.45, 7) is 11.9. The number of aliphatic carboxylic acids is 1. The van der Waals surface area contributed by atoms with Gasteiger partial charge < -0.3 is 10.0 Å². The quantitative estimate of drug-likeness (QED) is 0.766. The van der Waals surface area contributed by atoms with E-state index in [1.165, 1.54) is 0 Å². The van der Waals surface area contributed by atoms with Gasteiger partial charge >= 0.3 is 5.97 Å². The minimum atomic E-state index is -0.716. The maximum Gasteiger partial charge on any atom is 0.309 e. The van der Waals surface area contributed by atoms with E-state index in [2.05, 4.69) is 25.7 Å².